The van der Waals surface area contributed by atoms with Crippen LogP contribution in [0.2, 0.25) is 0 Å². The Labute approximate surface area is 75.7 Å². The largest absolute Gasteiger partial charge is 0.480 e. The first-order valence-electron chi connectivity index (χ1n) is 3.92. The number of carboxylic acid groups (broad SMARTS) is 1. The van der Waals surface area contributed by atoms with Crippen LogP contribution in [0.3, 0.4) is 0 Å². The second kappa shape index (κ2) is 5.50. The Kier molecular flexibility index (Phi) is 5.01. The fraction of sp³-hybridized carbons (Fsp3) is 0.714. The van der Waals surface area contributed by atoms with E-state index in [9.17, 15) is 9.59 Å². The van der Waals surface area contributed by atoms with Gasteiger partial charge in [-0.2, -0.15) is 0 Å². The summed E-state index contributed by atoms with van der Waals surface area (Å²) in [5, 5.41) is 20.0. The average molecular weight is 190 g/mol. The van der Waals surface area contributed by atoms with Crippen LogP contribution in [0.5, 0.6) is 0 Å². The van der Waals surface area contributed by atoms with E-state index in [1.54, 1.807) is 6.92 Å². The van der Waals surface area contributed by atoms with Gasteiger partial charge in [-0.25, -0.2) is 0 Å². The first-order valence-corrected chi connectivity index (χ1v) is 3.92. The molecule has 1 amide bonds. The number of nitrogens with two attached hydrogens (primary N) is 1. The summed E-state index contributed by atoms with van der Waals surface area (Å²) >= 11 is 0. The molecule has 0 aromatic heterocycles. The molecule has 2 unspecified atom stereocenters. The van der Waals surface area contributed by atoms with Crippen molar-refractivity contribution in [3.05, 3.63) is 0 Å². The second-order valence-corrected chi connectivity index (χ2v) is 2.65. The molecular weight excluding hydrogens is 176 g/mol. The van der Waals surface area contributed by atoms with Crippen molar-refractivity contribution in [1.82, 2.24) is 5.32 Å². The summed E-state index contributed by atoms with van der Waals surface area (Å²) in [5.74, 6) is -1.92. The van der Waals surface area contributed by atoms with Gasteiger partial charge in [-0.15, -0.1) is 0 Å². The number of aliphatic hydroxyl groups excluding tert-OH is 1. The number of carbonyl (C=O) groups is 2. The van der Waals surface area contributed by atoms with Crippen LogP contribution < -0.4 is 11.1 Å². The highest BCUT2D eigenvalue weighted by molar-refractivity contribution is 5.83. The molecule has 0 saturated heterocycles. The van der Waals surface area contributed by atoms with Crippen molar-refractivity contribution in [2.75, 3.05) is 0 Å². The van der Waals surface area contributed by atoms with Gasteiger partial charge in [0, 0.05) is 0 Å². The first kappa shape index (κ1) is 11.9. The van der Waals surface area contributed by atoms with Crippen LogP contribution in [0.1, 0.15) is 19.8 Å². The SMILES string of the molecule is CCC(O)NC(CC(N)=O)C(=O)O. The zero-order valence-electron chi connectivity index (χ0n) is 7.36. The van der Waals surface area contributed by atoms with Gasteiger partial charge in [0.1, 0.15) is 12.3 Å². The van der Waals surface area contributed by atoms with Crippen molar-refractivity contribution >= 4 is 11.9 Å². The van der Waals surface area contributed by atoms with Gasteiger partial charge in [0.2, 0.25) is 5.91 Å². The Bertz CT molecular complexity index is 195. The predicted molar refractivity (Wildman–Crippen MR) is 44.7 cm³/mol. The molecule has 0 rings (SSSR count). The molecule has 2 atom stereocenters. The highest BCUT2D eigenvalue weighted by Gasteiger charge is 2.21. The Balaban J connectivity index is 4.10. The maximum absolute atomic E-state index is 10.5. The molecule has 0 bridgehead atoms. The summed E-state index contributed by atoms with van der Waals surface area (Å²) in [6.45, 7) is 1.68. The van der Waals surface area contributed by atoms with E-state index in [4.69, 9.17) is 15.9 Å². The number of hydrogen-bond acceptors (Lipinski definition) is 4. The van der Waals surface area contributed by atoms with Crippen LogP contribution in [-0.2, 0) is 9.59 Å². The van der Waals surface area contributed by atoms with E-state index in [1.165, 1.54) is 0 Å². The normalized spacial score (nSPS) is 14.9. The zero-order chi connectivity index (χ0) is 10.4. The summed E-state index contributed by atoms with van der Waals surface area (Å²) in [7, 11) is 0. The lowest BCUT2D eigenvalue weighted by Crippen LogP contribution is -2.45. The van der Waals surface area contributed by atoms with Crippen molar-refractivity contribution in [3.63, 3.8) is 0 Å². The van der Waals surface area contributed by atoms with Gasteiger partial charge in [-0.3, -0.25) is 14.9 Å². The second-order valence-electron chi connectivity index (χ2n) is 2.65. The van der Waals surface area contributed by atoms with Crippen LogP contribution in [0.25, 0.3) is 0 Å². The van der Waals surface area contributed by atoms with Crippen molar-refractivity contribution < 1.29 is 19.8 Å². The molecule has 76 valence electrons. The number of carbonyl (C=O) groups excluding carboxylic acids is 1. The molecule has 0 aromatic carbocycles. The number of aliphatic hydroxyl groups is 1. The third kappa shape index (κ3) is 5.15. The Morgan fingerprint density at radius 3 is 2.38 bits per heavy atom. The molecule has 0 aliphatic heterocycles. The number of carboxylic acids is 1. The minimum absolute atomic E-state index is 0.327. The van der Waals surface area contributed by atoms with Crippen LogP contribution in [0.4, 0.5) is 0 Å². The Morgan fingerprint density at radius 1 is 1.54 bits per heavy atom. The highest BCUT2D eigenvalue weighted by Crippen LogP contribution is 1.95. The summed E-state index contributed by atoms with van der Waals surface area (Å²) in [6, 6.07) is -1.12. The molecule has 6 nitrogen and oxygen atoms in total. The molecule has 5 N–H and O–H groups in total. The molecule has 0 radical (unpaired) electrons. The fourth-order valence-corrected chi connectivity index (χ4v) is 0.769. The van der Waals surface area contributed by atoms with E-state index < -0.39 is 24.1 Å². The van der Waals surface area contributed by atoms with Gasteiger partial charge in [0.25, 0.3) is 0 Å². The van der Waals surface area contributed by atoms with E-state index in [1.807, 2.05) is 0 Å². The van der Waals surface area contributed by atoms with Crippen LogP contribution in [0.15, 0.2) is 0 Å². The third-order valence-corrected chi connectivity index (χ3v) is 1.48. The lowest BCUT2D eigenvalue weighted by atomic mass is 10.2. The lowest BCUT2D eigenvalue weighted by Gasteiger charge is -2.16. The highest BCUT2D eigenvalue weighted by atomic mass is 16.4. The van der Waals surface area contributed by atoms with Crippen LogP contribution in [-0.4, -0.2) is 34.4 Å². The Hall–Kier alpha value is -1.14. The first-order chi connectivity index (χ1) is 5.97. The third-order valence-electron chi connectivity index (χ3n) is 1.48. The summed E-state index contributed by atoms with van der Waals surface area (Å²) < 4.78 is 0. The molecule has 0 heterocycles. The maximum Gasteiger partial charge on any atom is 0.321 e. The lowest BCUT2D eigenvalue weighted by molar-refractivity contribution is -0.142. The number of aliphatic carboxylic acids is 1. The predicted octanol–water partition coefficient (Wildman–Crippen LogP) is -1.37. The number of rotatable bonds is 6. The quantitative estimate of drug-likeness (QED) is 0.386. The van der Waals surface area contributed by atoms with E-state index in [-0.39, 0.29) is 6.42 Å². The zero-order valence-corrected chi connectivity index (χ0v) is 7.36. The van der Waals surface area contributed by atoms with Gasteiger partial charge in [-0.05, 0) is 6.42 Å². The molecule has 0 aromatic rings. The molecular formula is C7H14N2O4. The van der Waals surface area contributed by atoms with Gasteiger partial charge in [0.05, 0.1) is 6.42 Å². The molecule has 0 spiro atoms. The summed E-state index contributed by atoms with van der Waals surface area (Å²) in [4.78, 5) is 20.9. The summed E-state index contributed by atoms with van der Waals surface area (Å²) in [6.07, 6.45) is -0.893. The molecule has 0 saturated carbocycles. The molecule has 6 heteroatoms. The molecule has 0 aliphatic carbocycles. The molecule has 13 heavy (non-hydrogen) atoms. The molecule has 0 fully saturated rings. The Morgan fingerprint density at radius 2 is 2.08 bits per heavy atom. The average Bonchev–Trinajstić information content (AvgIpc) is 2.02. The van der Waals surface area contributed by atoms with Crippen LogP contribution >= 0.6 is 0 Å². The minimum atomic E-state index is -1.20. The van der Waals surface area contributed by atoms with Gasteiger partial charge >= 0.3 is 5.97 Å². The van der Waals surface area contributed by atoms with Crippen molar-refractivity contribution in [2.45, 2.75) is 32.0 Å². The van der Waals surface area contributed by atoms with Gasteiger partial charge in [0.15, 0.2) is 0 Å². The van der Waals surface area contributed by atoms with E-state index in [2.05, 4.69) is 5.32 Å². The number of primary amides is 1. The standard InChI is InChI=1S/C7H14N2O4/c1-2-6(11)9-4(7(12)13)3-5(8)10/h4,6,9,11H,2-3H2,1H3,(H2,8,10)(H,12,13). The monoisotopic (exact) mass is 190 g/mol. The fourth-order valence-electron chi connectivity index (χ4n) is 0.769. The van der Waals surface area contributed by atoms with Crippen LogP contribution in [0, 0.1) is 0 Å². The van der Waals surface area contributed by atoms with E-state index in [0.29, 0.717) is 6.42 Å². The minimum Gasteiger partial charge on any atom is -0.480 e. The van der Waals surface area contributed by atoms with E-state index >= 15 is 0 Å². The summed E-state index contributed by atoms with van der Waals surface area (Å²) in [5.41, 5.74) is 4.82. The van der Waals surface area contributed by atoms with Gasteiger partial charge in [-0.1, -0.05) is 6.92 Å². The van der Waals surface area contributed by atoms with Crippen molar-refractivity contribution in [3.8, 4) is 0 Å². The number of hydrogen-bond donors (Lipinski definition) is 4. The number of nitrogens with one attached hydrogen (secondary N) is 1. The van der Waals surface area contributed by atoms with Crippen molar-refractivity contribution in [1.29, 1.82) is 0 Å². The topological polar surface area (TPSA) is 113 Å². The molecule has 0 aliphatic rings. The maximum atomic E-state index is 10.5. The van der Waals surface area contributed by atoms with Gasteiger partial charge < -0.3 is 15.9 Å². The van der Waals surface area contributed by atoms with E-state index in [0.717, 1.165) is 0 Å². The smallest absolute Gasteiger partial charge is 0.321 e. The number of amides is 1. The van der Waals surface area contributed by atoms with Crippen molar-refractivity contribution in [2.24, 2.45) is 5.73 Å².